The lowest BCUT2D eigenvalue weighted by molar-refractivity contribution is -0.270. The predicted octanol–water partition coefficient (Wildman–Crippen LogP) is 9.23. The Hall–Kier alpha value is -0.440. The first-order valence-corrected chi connectivity index (χ1v) is 19.6. The van der Waals surface area contributed by atoms with Gasteiger partial charge in [0, 0.05) is 11.5 Å². The van der Waals surface area contributed by atoms with E-state index in [4.69, 9.17) is 9.47 Å². The molecule has 0 radical (unpaired) electrons. The Labute approximate surface area is 267 Å². The quantitative estimate of drug-likeness (QED) is 0.0430. The molecule has 0 saturated heterocycles. The fourth-order valence-corrected chi connectivity index (χ4v) is 6.62. The zero-order valence-corrected chi connectivity index (χ0v) is 29.1. The Balaban J connectivity index is 3.96. The molecule has 0 aromatic carbocycles. The number of carbonyl (C=O) groups is 2. The summed E-state index contributed by atoms with van der Waals surface area (Å²) in [5.41, 5.74) is 0. The van der Waals surface area contributed by atoms with E-state index >= 15 is 0 Å². The van der Waals surface area contributed by atoms with Crippen LogP contribution in [-0.4, -0.2) is 63.7 Å². The number of rotatable bonds is 32. The molecule has 250 valence electrons. The molecule has 2 N–H and O–H groups in total. The second-order valence-electron chi connectivity index (χ2n) is 11.7. The van der Waals surface area contributed by atoms with E-state index in [9.17, 15) is 19.8 Å². The maximum Gasteiger partial charge on any atom is 0.310 e. The van der Waals surface area contributed by atoms with E-state index in [1.165, 1.54) is 122 Å². The van der Waals surface area contributed by atoms with Crippen molar-refractivity contribution >= 4 is 35.5 Å². The van der Waals surface area contributed by atoms with Crippen molar-refractivity contribution < 1.29 is 29.3 Å². The zero-order valence-electron chi connectivity index (χ0n) is 27.5. The van der Waals surface area contributed by atoms with Crippen LogP contribution in [0.1, 0.15) is 162 Å². The summed E-state index contributed by atoms with van der Waals surface area (Å²) in [5, 5.41) is 20.1. The molecule has 0 aromatic heterocycles. The van der Waals surface area contributed by atoms with Crippen molar-refractivity contribution in [3.8, 4) is 0 Å². The number of esters is 2. The van der Waals surface area contributed by atoms with Crippen LogP contribution in [0.2, 0.25) is 0 Å². The van der Waals surface area contributed by atoms with Crippen LogP contribution in [0.3, 0.4) is 0 Å². The molecule has 6 nitrogen and oxygen atoms in total. The molecule has 0 aliphatic carbocycles. The molecule has 0 aliphatic rings. The largest absolute Gasteiger partial charge is 0.417 e. The molecule has 1 atom stereocenters. The van der Waals surface area contributed by atoms with E-state index in [-0.39, 0.29) is 12.8 Å². The lowest BCUT2D eigenvalue weighted by Crippen LogP contribution is -2.52. The van der Waals surface area contributed by atoms with Gasteiger partial charge in [0.05, 0.1) is 12.8 Å². The van der Waals surface area contributed by atoms with Crippen molar-refractivity contribution in [1.29, 1.82) is 0 Å². The van der Waals surface area contributed by atoms with E-state index in [0.717, 1.165) is 24.3 Å². The van der Waals surface area contributed by atoms with Gasteiger partial charge in [0.25, 0.3) is 0 Å². The normalized spacial score (nSPS) is 12.4. The van der Waals surface area contributed by atoms with Crippen LogP contribution in [0.15, 0.2) is 0 Å². The van der Waals surface area contributed by atoms with Gasteiger partial charge in [-0.1, -0.05) is 129 Å². The second kappa shape index (κ2) is 30.6. The monoisotopic (exact) mass is 634 g/mol. The molecule has 0 aromatic rings. The van der Waals surface area contributed by atoms with Crippen molar-refractivity contribution in [1.82, 2.24) is 0 Å². The Kier molecular flexibility index (Phi) is 30.3. The van der Waals surface area contributed by atoms with Crippen molar-refractivity contribution in [2.24, 2.45) is 0 Å². The van der Waals surface area contributed by atoms with Crippen molar-refractivity contribution in [2.45, 2.75) is 174 Å². The van der Waals surface area contributed by atoms with Gasteiger partial charge in [-0.3, -0.25) is 9.59 Å². The third-order valence-electron chi connectivity index (χ3n) is 7.62. The fourth-order valence-electron chi connectivity index (χ4n) is 4.77. The molecule has 0 fully saturated rings. The van der Waals surface area contributed by atoms with Gasteiger partial charge in [-0.15, -0.1) is 0 Å². The van der Waals surface area contributed by atoms with Gasteiger partial charge in [-0.25, -0.2) is 0 Å². The number of aliphatic hydroxyl groups is 2. The molecule has 0 aliphatic heterocycles. The van der Waals surface area contributed by atoms with E-state index in [1.807, 2.05) is 0 Å². The van der Waals surface area contributed by atoms with E-state index in [2.05, 4.69) is 13.8 Å². The average Bonchev–Trinajstić information content (AvgIpc) is 2.97. The minimum absolute atomic E-state index is 0.142. The maximum absolute atomic E-state index is 12.4. The first kappa shape index (κ1) is 41.6. The van der Waals surface area contributed by atoms with Gasteiger partial charge in [0.15, 0.2) is 0 Å². The Bertz CT molecular complexity index is 573. The molecule has 0 rings (SSSR count). The van der Waals surface area contributed by atoms with Gasteiger partial charge < -0.3 is 19.7 Å². The van der Waals surface area contributed by atoms with Crippen LogP contribution < -0.4 is 0 Å². The number of ether oxygens (including phenoxy) is 2. The summed E-state index contributed by atoms with van der Waals surface area (Å²) in [6.07, 6.45) is 25.0. The highest BCUT2D eigenvalue weighted by Crippen LogP contribution is 2.22. The first-order valence-electron chi connectivity index (χ1n) is 17.3. The van der Waals surface area contributed by atoms with E-state index < -0.39 is 30.4 Å². The molecule has 0 amide bonds. The van der Waals surface area contributed by atoms with Gasteiger partial charge in [0.1, 0.15) is 12.7 Å². The Morgan fingerprint density at radius 3 is 1.17 bits per heavy atom. The lowest BCUT2D eigenvalue weighted by Gasteiger charge is -2.33. The summed E-state index contributed by atoms with van der Waals surface area (Å²) >= 11 is 3.41. The van der Waals surface area contributed by atoms with E-state index in [0.29, 0.717) is 11.5 Å². The van der Waals surface area contributed by atoms with Crippen LogP contribution in [0.4, 0.5) is 0 Å². The number of hydrogen-bond acceptors (Lipinski definition) is 8. The SMILES string of the molecule is CCCCCCCCCCCCSCCC(=O)OC(CO)(OC(=O)CCSCCCCCCCCCCCC)C(C)O. The van der Waals surface area contributed by atoms with Crippen LogP contribution in [0, 0.1) is 0 Å². The maximum atomic E-state index is 12.4. The number of aliphatic hydroxyl groups excluding tert-OH is 2. The van der Waals surface area contributed by atoms with Gasteiger partial charge in [0.2, 0.25) is 0 Å². The first-order chi connectivity index (χ1) is 20.4. The van der Waals surface area contributed by atoms with Crippen LogP contribution in [0.25, 0.3) is 0 Å². The number of carbonyl (C=O) groups excluding carboxylic acids is 2. The van der Waals surface area contributed by atoms with E-state index in [1.54, 1.807) is 23.5 Å². The summed E-state index contributed by atoms with van der Waals surface area (Å²) < 4.78 is 10.7. The standard InChI is InChI=1S/C34H66O6S2/c1-4-6-8-10-12-14-16-18-20-22-26-41-28-24-32(37)39-34(30-35,31(3)36)40-33(38)25-29-42-27-23-21-19-17-15-13-11-9-7-5-2/h31,35-36H,4-30H2,1-3H3. The highest BCUT2D eigenvalue weighted by Gasteiger charge is 2.43. The van der Waals surface area contributed by atoms with Crippen LogP contribution >= 0.6 is 23.5 Å². The zero-order chi connectivity index (χ0) is 31.2. The fraction of sp³-hybridized carbons (Fsp3) is 0.941. The van der Waals surface area contributed by atoms with Crippen LogP contribution in [-0.2, 0) is 19.1 Å². The summed E-state index contributed by atoms with van der Waals surface area (Å²) in [6, 6.07) is 0. The molecule has 0 saturated carbocycles. The topological polar surface area (TPSA) is 93.1 Å². The minimum Gasteiger partial charge on any atom is -0.417 e. The second-order valence-corrected chi connectivity index (χ2v) is 14.1. The minimum atomic E-state index is -2.05. The third-order valence-corrected chi connectivity index (χ3v) is 9.76. The van der Waals surface area contributed by atoms with Gasteiger partial charge >= 0.3 is 17.7 Å². The molecule has 8 heteroatoms. The lowest BCUT2D eigenvalue weighted by atomic mass is 10.1. The smallest absolute Gasteiger partial charge is 0.310 e. The Morgan fingerprint density at radius 2 is 0.881 bits per heavy atom. The number of thioether (sulfide) groups is 2. The molecule has 1 unspecified atom stereocenters. The average molecular weight is 635 g/mol. The summed E-state index contributed by atoms with van der Waals surface area (Å²) in [4.78, 5) is 24.9. The molecule has 42 heavy (non-hydrogen) atoms. The summed E-state index contributed by atoms with van der Waals surface area (Å²) in [6.45, 7) is 5.07. The van der Waals surface area contributed by atoms with Gasteiger partial charge in [-0.2, -0.15) is 23.5 Å². The van der Waals surface area contributed by atoms with Gasteiger partial charge in [-0.05, 0) is 31.3 Å². The molecule has 0 bridgehead atoms. The van der Waals surface area contributed by atoms with Crippen molar-refractivity contribution in [3.05, 3.63) is 0 Å². The Morgan fingerprint density at radius 1 is 0.571 bits per heavy atom. The summed E-state index contributed by atoms with van der Waals surface area (Å²) in [5.74, 6) is -0.0140. The molecular weight excluding hydrogens is 569 g/mol. The molecule has 0 spiro atoms. The third kappa shape index (κ3) is 24.9. The highest BCUT2D eigenvalue weighted by atomic mass is 32.2. The summed E-state index contributed by atoms with van der Waals surface area (Å²) in [7, 11) is 0. The molecule has 0 heterocycles. The predicted molar refractivity (Wildman–Crippen MR) is 181 cm³/mol. The van der Waals surface area contributed by atoms with Crippen molar-refractivity contribution in [2.75, 3.05) is 29.6 Å². The van der Waals surface area contributed by atoms with Crippen molar-refractivity contribution in [3.63, 3.8) is 0 Å². The highest BCUT2D eigenvalue weighted by molar-refractivity contribution is 7.99. The number of unbranched alkanes of at least 4 members (excludes halogenated alkanes) is 18. The van der Waals surface area contributed by atoms with Crippen LogP contribution in [0.5, 0.6) is 0 Å². The number of hydrogen-bond donors (Lipinski definition) is 2. The molecular formula is C34H66O6S2.